The molecule has 0 saturated carbocycles. The zero-order valence-electron chi connectivity index (χ0n) is 10.1. The molecule has 0 fully saturated rings. The fourth-order valence-corrected chi connectivity index (χ4v) is 1.13. The molecule has 0 unspecified atom stereocenters. The summed E-state index contributed by atoms with van der Waals surface area (Å²) in [6.07, 6.45) is 0.547. The summed E-state index contributed by atoms with van der Waals surface area (Å²) in [6.45, 7) is 5.50. The van der Waals surface area contributed by atoms with Gasteiger partial charge < -0.3 is 15.8 Å². The number of carbonyl (C=O) groups is 2. The number of methoxy groups -OCH3 is 1. The Labute approximate surface area is 103 Å². The second-order valence-electron chi connectivity index (χ2n) is 4.00. The molecule has 0 aromatic heterocycles. The molecule has 0 aromatic rings. The molecular weight excluding hydrogens is 232 g/mol. The van der Waals surface area contributed by atoms with Gasteiger partial charge in [-0.3, -0.25) is 4.79 Å². The minimum Gasteiger partial charge on any atom is -0.467 e. The van der Waals surface area contributed by atoms with Crippen LogP contribution in [-0.2, 0) is 14.3 Å². The summed E-state index contributed by atoms with van der Waals surface area (Å²) in [6, 6.07) is -1.22. The Bertz CT molecular complexity index is 232. The summed E-state index contributed by atoms with van der Waals surface area (Å²) >= 11 is 0. The van der Waals surface area contributed by atoms with E-state index in [-0.39, 0.29) is 18.3 Å². The van der Waals surface area contributed by atoms with Gasteiger partial charge in [0.05, 0.1) is 13.2 Å². The van der Waals surface area contributed by atoms with Gasteiger partial charge >= 0.3 is 5.97 Å². The normalized spacial score (nSPS) is 13.6. The van der Waals surface area contributed by atoms with Crippen LogP contribution in [0, 0.1) is 5.92 Å². The average Bonchev–Trinajstić information content (AvgIpc) is 2.14. The molecule has 5 nitrogen and oxygen atoms in total. The number of halogens is 1. The first-order valence-electron chi connectivity index (χ1n) is 5.02. The first-order chi connectivity index (χ1) is 6.88. The van der Waals surface area contributed by atoms with E-state index < -0.39 is 18.1 Å². The third-order valence-electron chi connectivity index (χ3n) is 1.92. The summed E-state index contributed by atoms with van der Waals surface area (Å²) in [5, 5.41) is 2.56. The molecule has 6 heteroatoms. The minimum absolute atomic E-state index is 0. The topological polar surface area (TPSA) is 81.4 Å². The van der Waals surface area contributed by atoms with Crippen molar-refractivity contribution in [2.75, 3.05) is 7.11 Å². The smallest absolute Gasteiger partial charge is 0.328 e. The van der Waals surface area contributed by atoms with E-state index in [4.69, 9.17) is 5.73 Å². The Balaban J connectivity index is 0. The molecular formula is C10H21ClN2O3. The van der Waals surface area contributed by atoms with Gasteiger partial charge in [0.25, 0.3) is 0 Å². The molecule has 0 aromatic carbocycles. The lowest BCUT2D eigenvalue weighted by Gasteiger charge is -2.19. The van der Waals surface area contributed by atoms with Crippen LogP contribution in [0.2, 0.25) is 0 Å². The lowest BCUT2D eigenvalue weighted by Crippen LogP contribution is -2.48. The molecule has 0 saturated heterocycles. The molecule has 1 amide bonds. The standard InChI is InChI=1S/C10H20N2O3.ClH/c1-6(2)5-8(10(14)15-4)12-9(13)7(3)11;/h6-8H,5,11H2,1-4H3,(H,12,13);1H/t7-,8+;/m0./s1. The van der Waals surface area contributed by atoms with E-state index in [0.717, 1.165) is 0 Å². The molecule has 0 aliphatic heterocycles. The van der Waals surface area contributed by atoms with Crippen LogP contribution in [0.3, 0.4) is 0 Å². The van der Waals surface area contributed by atoms with Gasteiger partial charge in [-0.1, -0.05) is 13.8 Å². The van der Waals surface area contributed by atoms with E-state index in [9.17, 15) is 9.59 Å². The molecule has 0 aliphatic carbocycles. The first kappa shape index (κ1) is 17.6. The van der Waals surface area contributed by atoms with Gasteiger partial charge in [0.2, 0.25) is 5.91 Å². The molecule has 0 heterocycles. The van der Waals surface area contributed by atoms with Gasteiger partial charge in [0, 0.05) is 0 Å². The highest BCUT2D eigenvalue weighted by Gasteiger charge is 2.23. The van der Waals surface area contributed by atoms with E-state index in [1.165, 1.54) is 7.11 Å². The Morgan fingerprint density at radius 1 is 1.31 bits per heavy atom. The fraction of sp³-hybridized carbons (Fsp3) is 0.800. The van der Waals surface area contributed by atoms with Crippen molar-refractivity contribution in [3.63, 3.8) is 0 Å². The van der Waals surface area contributed by atoms with Crippen molar-refractivity contribution < 1.29 is 14.3 Å². The van der Waals surface area contributed by atoms with Crippen molar-refractivity contribution in [2.45, 2.75) is 39.3 Å². The average molecular weight is 253 g/mol. The van der Waals surface area contributed by atoms with Crippen LogP contribution in [-0.4, -0.2) is 31.1 Å². The predicted octanol–water partition coefficient (Wildman–Crippen LogP) is 0.459. The number of ether oxygens (including phenoxy) is 1. The van der Waals surface area contributed by atoms with Crippen molar-refractivity contribution in [3.05, 3.63) is 0 Å². The molecule has 16 heavy (non-hydrogen) atoms. The fourth-order valence-electron chi connectivity index (χ4n) is 1.13. The van der Waals surface area contributed by atoms with Crippen LogP contribution < -0.4 is 11.1 Å². The molecule has 0 bridgehead atoms. The Morgan fingerprint density at radius 3 is 2.12 bits per heavy atom. The molecule has 96 valence electrons. The molecule has 0 rings (SSSR count). The number of hydrogen-bond acceptors (Lipinski definition) is 4. The van der Waals surface area contributed by atoms with Crippen molar-refractivity contribution in [3.8, 4) is 0 Å². The Morgan fingerprint density at radius 2 is 1.81 bits per heavy atom. The number of amides is 1. The van der Waals surface area contributed by atoms with Crippen molar-refractivity contribution in [1.29, 1.82) is 0 Å². The maximum Gasteiger partial charge on any atom is 0.328 e. The summed E-state index contributed by atoms with van der Waals surface area (Å²) < 4.78 is 4.60. The summed E-state index contributed by atoms with van der Waals surface area (Å²) in [7, 11) is 1.30. The largest absolute Gasteiger partial charge is 0.467 e. The highest BCUT2D eigenvalue weighted by atomic mass is 35.5. The maximum atomic E-state index is 11.3. The summed E-state index contributed by atoms with van der Waals surface area (Å²) in [4.78, 5) is 22.6. The first-order valence-corrected chi connectivity index (χ1v) is 5.02. The van der Waals surface area contributed by atoms with Crippen LogP contribution >= 0.6 is 12.4 Å². The predicted molar refractivity (Wildman–Crippen MR) is 64.3 cm³/mol. The number of nitrogens with one attached hydrogen (secondary N) is 1. The van der Waals surface area contributed by atoms with Gasteiger partial charge in [-0.25, -0.2) is 4.79 Å². The quantitative estimate of drug-likeness (QED) is 0.697. The highest BCUT2D eigenvalue weighted by molar-refractivity contribution is 5.87. The number of esters is 1. The van der Waals surface area contributed by atoms with Gasteiger partial charge in [-0.2, -0.15) is 0 Å². The summed E-state index contributed by atoms with van der Waals surface area (Å²) in [5.41, 5.74) is 5.39. The Hall–Kier alpha value is -0.810. The van der Waals surface area contributed by atoms with Crippen LogP contribution in [0.15, 0.2) is 0 Å². The van der Waals surface area contributed by atoms with E-state index in [1.54, 1.807) is 6.92 Å². The monoisotopic (exact) mass is 252 g/mol. The van der Waals surface area contributed by atoms with Crippen LogP contribution in [0.1, 0.15) is 27.2 Å². The second kappa shape index (κ2) is 8.35. The Kier molecular flexibility index (Phi) is 9.18. The van der Waals surface area contributed by atoms with E-state index >= 15 is 0 Å². The minimum atomic E-state index is -0.621. The van der Waals surface area contributed by atoms with Crippen LogP contribution in [0.4, 0.5) is 0 Å². The second-order valence-corrected chi connectivity index (χ2v) is 4.00. The van der Waals surface area contributed by atoms with E-state index in [0.29, 0.717) is 12.3 Å². The highest BCUT2D eigenvalue weighted by Crippen LogP contribution is 2.06. The van der Waals surface area contributed by atoms with Crippen molar-refractivity contribution >= 4 is 24.3 Å². The zero-order valence-corrected chi connectivity index (χ0v) is 11.0. The van der Waals surface area contributed by atoms with Crippen molar-refractivity contribution in [1.82, 2.24) is 5.32 Å². The maximum absolute atomic E-state index is 11.3. The molecule has 0 aliphatic rings. The molecule has 0 radical (unpaired) electrons. The lowest BCUT2D eigenvalue weighted by atomic mass is 10.0. The SMILES string of the molecule is COC(=O)[C@@H](CC(C)C)NC(=O)[C@H](C)N.Cl. The molecule has 2 atom stereocenters. The van der Waals surface area contributed by atoms with Gasteiger partial charge in [0.15, 0.2) is 0 Å². The summed E-state index contributed by atoms with van der Waals surface area (Å²) in [5.74, 6) is -0.480. The molecule has 3 N–H and O–H groups in total. The molecule has 0 spiro atoms. The zero-order chi connectivity index (χ0) is 12.0. The van der Waals surface area contributed by atoms with Gasteiger partial charge in [-0.05, 0) is 19.3 Å². The number of rotatable bonds is 5. The van der Waals surface area contributed by atoms with Gasteiger partial charge in [-0.15, -0.1) is 12.4 Å². The van der Waals surface area contributed by atoms with Gasteiger partial charge in [0.1, 0.15) is 6.04 Å². The van der Waals surface area contributed by atoms with E-state index in [2.05, 4.69) is 10.1 Å². The number of carbonyl (C=O) groups excluding carboxylic acids is 2. The van der Waals surface area contributed by atoms with Crippen molar-refractivity contribution in [2.24, 2.45) is 11.7 Å². The third-order valence-corrected chi connectivity index (χ3v) is 1.92. The lowest BCUT2D eigenvalue weighted by molar-refractivity contribution is -0.145. The number of nitrogens with two attached hydrogens (primary N) is 1. The number of hydrogen-bond donors (Lipinski definition) is 2. The van der Waals surface area contributed by atoms with E-state index in [1.807, 2.05) is 13.8 Å². The van der Waals surface area contributed by atoms with Crippen LogP contribution in [0.25, 0.3) is 0 Å². The van der Waals surface area contributed by atoms with Crippen LogP contribution in [0.5, 0.6) is 0 Å². The third kappa shape index (κ3) is 6.63.